The molecule has 8 heteroatoms. The van der Waals surface area contributed by atoms with Gasteiger partial charge < -0.3 is 14.5 Å². The number of ether oxygens (including phenoxy) is 1. The molecule has 1 N–H and O–H groups in total. The minimum absolute atomic E-state index is 0.408. The molecule has 1 aliphatic heterocycles. The molecule has 2 heterocycles. The maximum absolute atomic E-state index is 5.45. The van der Waals surface area contributed by atoms with E-state index in [0.29, 0.717) is 31.1 Å². The Morgan fingerprint density at radius 1 is 0.938 bits per heavy atom. The van der Waals surface area contributed by atoms with Crippen LogP contribution in [0.3, 0.4) is 0 Å². The van der Waals surface area contributed by atoms with Gasteiger partial charge in [0.1, 0.15) is 0 Å². The highest BCUT2D eigenvalue weighted by Crippen LogP contribution is 2.27. The van der Waals surface area contributed by atoms with E-state index in [9.17, 15) is 0 Å². The first-order valence-electron chi connectivity index (χ1n) is 10.6. The molecule has 0 radical (unpaired) electrons. The third kappa shape index (κ3) is 4.04. The number of hydrazone groups is 1. The summed E-state index contributed by atoms with van der Waals surface area (Å²) in [5.41, 5.74) is 4.08. The zero-order chi connectivity index (χ0) is 21.9. The molecule has 5 rings (SSSR count). The molecule has 1 aromatic heterocycles. The predicted molar refractivity (Wildman–Crippen MR) is 130 cm³/mol. The van der Waals surface area contributed by atoms with Crippen LogP contribution in [0.2, 0.25) is 0 Å². The van der Waals surface area contributed by atoms with Crippen LogP contribution in [0, 0.1) is 0 Å². The molecule has 0 aliphatic carbocycles. The molecule has 1 aliphatic rings. The van der Waals surface area contributed by atoms with Crippen LogP contribution in [0.4, 0.5) is 17.8 Å². The summed E-state index contributed by atoms with van der Waals surface area (Å²) in [5.74, 6) is 1.61. The van der Waals surface area contributed by atoms with Gasteiger partial charge >= 0.3 is 0 Å². The molecule has 0 saturated carbocycles. The SMILES string of the molecule is CN(C)c1nc(N/N=C\c2c3ccccc3cc3ccccc23)nc(N2CCOCC2)n1. The van der Waals surface area contributed by atoms with Crippen LogP contribution in [0.15, 0.2) is 59.7 Å². The van der Waals surface area contributed by atoms with Gasteiger partial charge in [-0.2, -0.15) is 20.1 Å². The highest BCUT2D eigenvalue weighted by molar-refractivity contribution is 6.13. The van der Waals surface area contributed by atoms with Crippen molar-refractivity contribution in [3.63, 3.8) is 0 Å². The summed E-state index contributed by atoms with van der Waals surface area (Å²) in [4.78, 5) is 17.6. The number of rotatable bonds is 5. The molecule has 32 heavy (non-hydrogen) atoms. The first kappa shape index (κ1) is 20.1. The lowest BCUT2D eigenvalue weighted by Gasteiger charge is -2.27. The number of fused-ring (bicyclic) bond motifs is 2. The van der Waals surface area contributed by atoms with E-state index in [1.54, 1.807) is 0 Å². The molecule has 8 nitrogen and oxygen atoms in total. The van der Waals surface area contributed by atoms with Crippen molar-refractivity contribution in [3.8, 4) is 0 Å². The van der Waals surface area contributed by atoms with Crippen LogP contribution in [0.25, 0.3) is 21.5 Å². The minimum Gasteiger partial charge on any atom is -0.378 e. The molecule has 0 atom stereocenters. The summed E-state index contributed by atoms with van der Waals surface area (Å²) in [5, 5.41) is 9.16. The number of aromatic nitrogens is 3. The van der Waals surface area contributed by atoms with Gasteiger partial charge in [0.05, 0.1) is 19.4 Å². The lowest BCUT2D eigenvalue weighted by Crippen LogP contribution is -2.37. The molecule has 0 amide bonds. The van der Waals surface area contributed by atoms with Crippen molar-refractivity contribution in [3.05, 3.63) is 60.2 Å². The van der Waals surface area contributed by atoms with E-state index < -0.39 is 0 Å². The van der Waals surface area contributed by atoms with E-state index in [2.05, 4.69) is 72.8 Å². The molecule has 1 fully saturated rings. The fourth-order valence-corrected chi connectivity index (χ4v) is 3.85. The second kappa shape index (κ2) is 8.76. The number of nitrogens with zero attached hydrogens (tertiary/aromatic N) is 6. The Balaban J connectivity index is 1.49. The second-order valence-electron chi connectivity index (χ2n) is 7.86. The zero-order valence-electron chi connectivity index (χ0n) is 18.2. The Morgan fingerprint density at radius 2 is 1.59 bits per heavy atom. The van der Waals surface area contributed by atoms with Crippen LogP contribution in [0.1, 0.15) is 5.56 Å². The quantitative estimate of drug-likeness (QED) is 0.297. The van der Waals surface area contributed by atoms with Gasteiger partial charge in [0.2, 0.25) is 17.8 Å². The monoisotopic (exact) mass is 427 g/mol. The van der Waals surface area contributed by atoms with E-state index in [4.69, 9.17) is 4.74 Å². The van der Waals surface area contributed by atoms with Gasteiger partial charge in [0, 0.05) is 32.7 Å². The van der Waals surface area contributed by atoms with Crippen LogP contribution < -0.4 is 15.2 Å². The van der Waals surface area contributed by atoms with Crippen molar-refractivity contribution in [2.75, 3.05) is 55.6 Å². The van der Waals surface area contributed by atoms with Gasteiger partial charge in [-0.15, -0.1) is 0 Å². The lowest BCUT2D eigenvalue weighted by molar-refractivity contribution is 0.122. The van der Waals surface area contributed by atoms with Crippen LogP contribution in [-0.2, 0) is 4.74 Å². The highest BCUT2D eigenvalue weighted by atomic mass is 16.5. The third-order valence-corrected chi connectivity index (χ3v) is 5.48. The number of benzene rings is 3. The molecule has 1 saturated heterocycles. The summed E-state index contributed by atoms with van der Waals surface area (Å²) < 4.78 is 5.45. The first-order valence-corrected chi connectivity index (χ1v) is 10.6. The van der Waals surface area contributed by atoms with Crippen molar-refractivity contribution in [2.24, 2.45) is 5.10 Å². The molecule has 0 spiro atoms. The Kier molecular flexibility index (Phi) is 5.51. The van der Waals surface area contributed by atoms with E-state index >= 15 is 0 Å². The van der Waals surface area contributed by atoms with Gasteiger partial charge in [-0.3, -0.25) is 0 Å². The van der Waals surface area contributed by atoms with E-state index in [0.717, 1.165) is 29.4 Å². The average molecular weight is 428 g/mol. The average Bonchev–Trinajstić information content (AvgIpc) is 2.84. The van der Waals surface area contributed by atoms with Gasteiger partial charge in [-0.1, -0.05) is 48.5 Å². The van der Waals surface area contributed by atoms with Gasteiger partial charge in [0.15, 0.2) is 0 Å². The molecule has 162 valence electrons. The third-order valence-electron chi connectivity index (χ3n) is 5.48. The van der Waals surface area contributed by atoms with Gasteiger partial charge in [0.25, 0.3) is 0 Å². The normalized spacial score (nSPS) is 14.4. The van der Waals surface area contributed by atoms with Gasteiger partial charge in [-0.05, 0) is 27.6 Å². The number of hydrogen-bond donors (Lipinski definition) is 1. The van der Waals surface area contributed by atoms with E-state index in [-0.39, 0.29) is 0 Å². The van der Waals surface area contributed by atoms with Crippen molar-refractivity contribution in [1.29, 1.82) is 0 Å². The topological polar surface area (TPSA) is 78.8 Å². The largest absolute Gasteiger partial charge is 0.378 e. The summed E-state index contributed by atoms with van der Waals surface area (Å²) in [7, 11) is 3.82. The fourth-order valence-electron chi connectivity index (χ4n) is 3.85. The highest BCUT2D eigenvalue weighted by Gasteiger charge is 2.17. The van der Waals surface area contributed by atoms with Crippen molar-refractivity contribution in [1.82, 2.24) is 15.0 Å². The standard InChI is InChI=1S/C24H25N7O/c1-30(2)23-26-22(27-24(28-23)31-11-13-32-14-12-31)29-25-16-21-19-9-5-3-7-17(19)15-18-8-4-6-10-20(18)21/h3-10,15-16H,11-14H2,1-2H3,(H,26,27,28,29)/b25-16-. The number of anilines is 3. The maximum atomic E-state index is 5.45. The zero-order valence-corrected chi connectivity index (χ0v) is 18.2. The van der Waals surface area contributed by atoms with Crippen molar-refractivity contribution < 1.29 is 4.74 Å². The Labute approximate surface area is 186 Å². The fraction of sp³-hybridized carbons (Fsp3) is 0.250. The van der Waals surface area contributed by atoms with E-state index in [1.165, 1.54) is 10.8 Å². The Bertz CT molecular complexity index is 1230. The second-order valence-corrected chi connectivity index (χ2v) is 7.86. The van der Waals surface area contributed by atoms with Crippen LogP contribution >= 0.6 is 0 Å². The minimum atomic E-state index is 0.408. The number of hydrogen-bond acceptors (Lipinski definition) is 8. The first-order chi connectivity index (χ1) is 15.7. The van der Waals surface area contributed by atoms with Gasteiger partial charge in [-0.25, -0.2) is 5.43 Å². The summed E-state index contributed by atoms with van der Waals surface area (Å²) in [6, 6.07) is 18.9. The maximum Gasteiger partial charge on any atom is 0.250 e. The van der Waals surface area contributed by atoms with Crippen molar-refractivity contribution >= 4 is 45.6 Å². The van der Waals surface area contributed by atoms with Crippen molar-refractivity contribution in [2.45, 2.75) is 0 Å². The molecule has 4 aromatic rings. The smallest absolute Gasteiger partial charge is 0.250 e. The Hall–Kier alpha value is -3.78. The van der Waals surface area contributed by atoms with E-state index in [1.807, 2.05) is 37.3 Å². The summed E-state index contributed by atoms with van der Waals surface area (Å²) in [6.45, 7) is 2.83. The lowest BCUT2D eigenvalue weighted by atomic mass is 9.97. The Morgan fingerprint density at radius 3 is 2.25 bits per heavy atom. The molecular weight excluding hydrogens is 402 g/mol. The predicted octanol–water partition coefficient (Wildman–Crippen LogP) is 3.53. The molecule has 0 unspecified atom stereocenters. The molecule has 3 aromatic carbocycles. The molecule has 0 bridgehead atoms. The molecular formula is C24H25N7O. The number of nitrogens with one attached hydrogen (secondary N) is 1. The number of morpholine rings is 1. The summed E-state index contributed by atoms with van der Waals surface area (Å²) in [6.07, 6.45) is 1.85. The van der Waals surface area contributed by atoms with Crippen LogP contribution in [0.5, 0.6) is 0 Å². The van der Waals surface area contributed by atoms with Crippen LogP contribution in [-0.4, -0.2) is 61.6 Å². The summed E-state index contributed by atoms with van der Waals surface area (Å²) >= 11 is 0.